The van der Waals surface area contributed by atoms with Crippen LogP contribution in [0.4, 0.5) is 0 Å². The molecule has 2 fully saturated rings. The van der Waals surface area contributed by atoms with E-state index >= 15 is 0 Å². The normalized spacial score (nSPS) is 38.1. The number of likely N-dealkylation sites (tertiary alicyclic amines) is 1. The van der Waals surface area contributed by atoms with Crippen molar-refractivity contribution >= 4 is 0 Å². The van der Waals surface area contributed by atoms with Crippen molar-refractivity contribution in [3.8, 4) is 0 Å². The van der Waals surface area contributed by atoms with Crippen molar-refractivity contribution in [2.45, 2.75) is 76.5 Å². The Kier molecular flexibility index (Phi) is 6.11. The Hall–Kier alpha value is -0.120. The summed E-state index contributed by atoms with van der Waals surface area (Å²) in [6.07, 6.45) is 11.1. The van der Waals surface area contributed by atoms with Gasteiger partial charge in [0.05, 0.1) is 6.10 Å². The van der Waals surface area contributed by atoms with Gasteiger partial charge in [-0.1, -0.05) is 26.2 Å². The molecule has 3 heteroatoms. The maximum atomic E-state index is 6.01. The molecule has 1 aliphatic heterocycles. The quantitative estimate of drug-likeness (QED) is 0.797. The summed E-state index contributed by atoms with van der Waals surface area (Å²) >= 11 is 0. The third-order valence-corrected chi connectivity index (χ3v) is 5.42. The highest BCUT2D eigenvalue weighted by molar-refractivity contribution is 4.88. The molecular formula is C16H32N2O. The number of nitrogens with zero attached hydrogens (tertiary/aromatic N) is 1. The Bertz CT molecular complexity index is 259. The monoisotopic (exact) mass is 268 g/mol. The van der Waals surface area contributed by atoms with Gasteiger partial charge in [-0.3, -0.25) is 4.90 Å². The minimum Gasteiger partial charge on any atom is -0.381 e. The van der Waals surface area contributed by atoms with Crippen molar-refractivity contribution in [2.75, 3.05) is 20.2 Å². The number of hydrogen-bond donors (Lipinski definition) is 1. The minimum atomic E-state index is 0.430. The summed E-state index contributed by atoms with van der Waals surface area (Å²) in [7, 11) is 1.84. The standard InChI is InChI=1S/C16H32N2O/c1-3-13-5-4-6-14(8-7-13)18-10-9-16(19-2)11-15(18)12-17/h13-16H,3-12,17H2,1-2H3. The van der Waals surface area contributed by atoms with Crippen LogP contribution in [0.15, 0.2) is 0 Å². The summed E-state index contributed by atoms with van der Waals surface area (Å²) in [5, 5.41) is 0. The van der Waals surface area contributed by atoms with Gasteiger partial charge in [0.2, 0.25) is 0 Å². The van der Waals surface area contributed by atoms with Crippen LogP contribution in [-0.2, 0) is 4.74 Å². The molecule has 2 aliphatic rings. The van der Waals surface area contributed by atoms with Gasteiger partial charge >= 0.3 is 0 Å². The molecule has 4 unspecified atom stereocenters. The largest absolute Gasteiger partial charge is 0.381 e. The highest BCUT2D eigenvalue weighted by Crippen LogP contribution is 2.31. The van der Waals surface area contributed by atoms with E-state index in [0.29, 0.717) is 12.1 Å². The molecule has 0 aromatic carbocycles. The van der Waals surface area contributed by atoms with Crippen LogP contribution in [0.1, 0.15) is 58.3 Å². The predicted octanol–water partition coefficient (Wildman–Crippen LogP) is 2.78. The number of ether oxygens (including phenoxy) is 1. The average molecular weight is 268 g/mol. The second kappa shape index (κ2) is 7.61. The van der Waals surface area contributed by atoms with E-state index in [0.717, 1.165) is 24.9 Å². The van der Waals surface area contributed by atoms with E-state index < -0.39 is 0 Å². The first kappa shape index (κ1) is 15.3. The molecule has 3 nitrogen and oxygen atoms in total. The molecule has 1 heterocycles. The van der Waals surface area contributed by atoms with E-state index in [1.54, 1.807) is 0 Å². The van der Waals surface area contributed by atoms with Crippen molar-refractivity contribution < 1.29 is 4.74 Å². The van der Waals surface area contributed by atoms with Gasteiger partial charge in [0.1, 0.15) is 0 Å². The van der Waals surface area contributed by atoms with Crippen LogP contribution in [-0.4, -0.2) is 43.3 Å². The Morgan fingerprint density at radius 3 is 2.68 bits per heavy atom. The van der Waals surface area contributed by atoms with E-state index in [2.05, 4.69) is 11.8 Å². The molecule has 0 aromatic rings. The zero-order valence-corrected chi connectivity index (χ0v) is 12.8. The SMILES string of the molecule is CCC1CCCC(N2CCC(OC)CC2CN)CC1. The molecule has 1 aliphatic carbocycles. The molecule has 2 rings (SSSR count). The maximum Gasteiger partial charge on any atom is 0.0599 e. The van der Waals surface area contributed by atoms with Gasteiger partial charge in [0.25, 0.3) is 0 Å². The number of piperidine rings is 1. The third-order valence-electron chi connectivity index (χ3n) is 5.42. The Morgan fingerprint density at radius 1 is 1.16 bits per heavy atom. The fourth-order valence-electron chi connectivity index (χ4n) is 4.06. The van der Waals surface area contributed by atoms with Gasteiger partial charge in [0.15, 0.2) is 0 Å². The first-order valence-electron chi connectivity index (χ1n) is 8.27. The molecule has 19 heavy (non-hydrogen) atoms. The smallest absolute Gasteiger partial charge is 0.0599 e. The van der Waals surface area contributed by atoms with Crippen LogP contribution in [0.25, 0.3) is 0 Å². The first-order valence-corrected chi connectivity index (χ1v) is 8.27. The Labute approximate surface area is 118 Å². The van der Waals surface area contributed by atoms with Crippen molar-refractivity contribution in [2.24, 2.45) is 11.7 Å². The lowest BCUT2D eigenvalue weighted by Gasteiger charge is -2.43. The zero-order valence-electron chi connectivity index (χ0n) is 12.8. The molecule has 2 N–H and O–H groups in total. The fraction of sp³-hybridized carbons (Fsp3) is 1.00. The summed E-state index contributed by atoms with van der Waals surface area (Å²) in [6.45, 7) is 4.31. The highest BCUT2D eigenvalue weighted by atomic mass is 16.5. The average Bonchev–Trinajstić information content (AvgIpc) is 2.71. The molecule has 112 valence electrons. The van der Waals surface area contributed by atoms with Crippen LogP contribution in [0.2, 0.25) is 0 Å². The Balaban J connectivity index is 1.92. The van der Waals surface area contributed by atoms with Crippen molar-refractivity contribution in [1.82, 2.24) is 4.90 Å². The van der Waals surface area contributed by atoms with E-state index in [9.17, 15) is 0 Å². The second-order valence-electron chi connectivity index (χ2n) is 6.45. The molecular weight excluding hydrogens is 236 g/mol. The lowest BCUT2D eigenvalue weighted by molar-refractivity contribution is -0.00705. The molecule has 4 atom stereocenters. The van der Waals surface area contributed by atoms with Crippen LogP contribution >= 0.6 is 0 Å². The summed E-state index contributed by atoms with van der Waals surface area (Å²) < 4.78 is 5.54. The lowest BCUT2D eigenvalue weighted by Crippen LogP contribution is -2.52. The summed E-state index contributed by atoms with van der Waals surface area (Å²) in [6, 6.07) is 1.32. The van der Waals surface area contributed by atoms with Crippen molar-refractivity contribution in [1.29, 1.82) is 0 Å². The summed E-state index contributed by atoms with van der Waals surface area (Å²) in [4.78, 5) is 2.72. The summed E-state index contributed by atoms with van der Waals surface area (Å²) in [5.41, 5.74) is 6.01. The number of nitrogens with two attached hydrogens (primary N) is 1. The highest BCUT2D eigenvalue weighted by Gasteiger charge is 2.33. The second-order valence-corrected chi connectivity index (χ2v) is 6.45. The van der Waals surface area contributed by atoms with Crippen LogP contribution in [0, 0.1) is 5.92 Å². The Morgan fingerprint density at radius 2 is 2.00 bits per heavy atom. The maximum absolute atomic E-state index is 6.01. The van der Waals surface area contributed by atoms with E-state index in [1.807, 2.05) is 7.11 Å². The minimum absolute atomic E-state index is 0.430. The van der Waals surface area contributed by atoms with Gasteiger partial charge in [-0.15, -0.1) is 0 Å². The topological polar surface area (TPSA) is 38.5 Å². The van der Waals surface area contributed by atoms with Crippen LogP contribution in [0.3, 0.4) is 0 Å². The van der Waals surface area contributed by atoms with E-state index in [4.69, 9.17) is 10.5 Å². The molecule has 0 aromatic heterocycles. The van der Waals surface area contributed by atoms with Gasteiger partial charge in [-0.05, 0) is 38.0 Å². The molecule has 0 bridgehead atoms. The first-order chi connectivity index (χ1) is 9.28. The zero-order chi connectivity index (χ0) is 13.7. The molecule has 0 radical (unpaired) electrons. The molecule has 0 amide bonds. The van der Waals surface area contributed by atoms with Crippen LogP contribution < -0.4 is 5.73 Å². The fourth-order valence-corrected chi connectivity index (χ4v) is 4.06. The predicted molar refractivity (Wildman–Crippen MR) is 80.2 cm³/mol. The third kappa shape index (κ3) is 3.93. The molecule has 1 saturated carbocycles. The van der Waals surface area contributed by atoms with Crippen LogP contribution in [0.5, 0.6) is 0 Å². The number of methoxy groups -OCH3 is 1. The van der Waals surface area contributed by atoms with Gasteiger partial charge in [0, 0.05) is 32.3 Å². The number of rotatable bonds is 4. The summed E-state index contributed by atoms with van der Waals surface area (Å²) in [5.74, 6) is 0.970. The lowest BCUT2D eigenvalue weighted by atomic mass is 9.94. The molecule has 1 saturated heterocycles. The van der Waals surface area contributed by atoms with E-state index in [-0.39, 0.29) is 0 Å². The number of hydrogen-bond acceptors (Lipinski definition) is 3. The van der Waals surface area contributed by atoms with Crippen molar-refractivity contribution in [3.05, 3.63) is 0 Å². The van der Waals surface area contributed by atoms with E-state index in [1.165, 1.54) is 51.5 Å². The molecule has 0 spiro atoms. The van der Waals surface area contributed by atoms with Gasteiger partial charge in [-0.25, -0.2) is 0 Å². The van der Waals surface area contributed by atoms with Gasteiger partial charge in [-0.2, -0.15) is 0 Å². The van der Waals surface area contributed by atoms with Gasteiger partial charge < -0.3 is 10.5 Å². The van der Waals surface area contributed by atoms with Crippen molar-refractivity contribution in [3.63, 3.8) is 0 Å².